The van der Waals surface area contributed by atoms with E-state index in [0.717, 1.165) is 32.2 Å². The second kappa shape index (κ2) is 7.19. The Bertz CT molecular complexity index is 887. The maximum absolute atomic E-state index is 12.8. The van der Waals surface area contributed by atoms with E-state index in [1.807, 2.05) is 68.0 Å². The highest BCUT2D eigenvalue weighted by Crippen LogP contribution is 2.37. The quantitative estimate of drug-likeness (QED) is 0.687. The molecule has 0 N–H and O–H groups in total. The van der Waals surface area contributed by atoms with Crippen molar-refractivity contribution in [3.63, 3.8) is 0 Å². The molecular formula is C19H22N4OS. The molecule has 3 aromatic rings. The molecule has 25 heavy (non-hydrogen) atoms. The van der Waals surface area contributed by atoms with Gasteiger partial charge in [-0.3, -0.25) is 4.79 Å². The fourth-order valence-electron chi connectivity index (χ4n) is 2.94. The van der Waals surface area contributed by atoms with Crippen LogP contribution in [0, 0.1) is 6.92 Å². The molecule has 0 fully saturated rings. The Morgan fingerprint density at radius 1 is 1.12 bits per heavy atom. The van der Waals surface area contributed by atoms with Crippen LogP contribution in [0.5, 0.6) is 0 Å². The molecule has 0 spiro atoms. The van der Waals surface area contributed by atoms with E-state index < -0.39 is 0 Å². The molecule has 1 amide bonds. The van der Waals surface area contributed by atoms with Crippen molar-refractivity contribution < 1.29 is 4.79 Å². The molecule has 0 radical (unpaired) electrons. The molecule has 0 atom stereocenters. The number of aromatic nitrogens is 2. The molecule has 1 aromatic carbocycles. The van der Waals surface area contributed by atoms with Crippen LogP contribution in [0.4, 0.5) is 11.5 Å². The van der Waals surface area contributed by atoms with Gasteiger partial charge >= 0.3 is 0 Å². The zero-order chi connectivity index (χ0) is 18.0. The fourth-order valence-corrected chi connectivity index (χ4v) is 4.05. The number of rotatable bonds is 5. The average Bonchev–Trinajstić information content (AvgIpc) is 2.99. The summed E-state index contributed by atoms with van der Waals surface area (Å²) in [5.74, 6) is 0.891. The highest BCUT2D eigenvalue weighted by Gasteiger charge is 2.23. The van der Waals surface area contributed by atoms with Crippen molar-refractivity contribution in [2.75, 3.05) is 25.0 Å². The molecule has 0 unspecified atom stereocenters. The SMILES string of the molecule is CCN(CC)C(=O)c1sc2ncnc(N(C)c3ccccc3)c2c1C. The predicted octanol–water partition coefficient (Wildman–Crippen LogP) is 4.25. The molecule has 0 saturated carbocycles. The van der Waals surface area contributed by atoms with Crippen molar-refractivity contribution in [2.45, 2.75) is 20.8 Å². The lowest BCUT2D eigenvalue weighted by Gasteiger charge is -2.19. The van der Waals surface area contributed by atoms with Gasteiger partial charge in [-0.05, 0) is 38.5 Å². The minimum atomic E-state index is 0.0683. The summed E-state index contributed by atoms with van der Waals surface area (Å²) in [6, 6.07) is 10.1. The van der Waals surface area contributed by atoms with E-state index in [0.29, 0.717) is 13.1 Å². The second-order valence-electron chi connectivity index (χ2n) is 5.81. The fraction of sp³-hybridized carbons (Fsp3) is 0.316. The molecule has 130 valence electrons. The lowest BCUT2D eigenvalue weighted by molar-refractivity contribution is 0.0777. The largest absolute Gasteiger partial charge is 0.338 e. The van der Waals surface area contributed by atoms with Crippen LogP contribution < -0.4 is 4.90 Å². The van der Waals surface area contributed by atoms with Crippen LogP contribution in [-0.4, -0.2) is 40.9 Å². The molecule has 6 heteroatoms. The Hall–Kier alpha value is -2.47. The summed E-state index contributed by atoms with van der Waals surface area (Å²) in [5.41, 5.74) is 2.00. The third-order valence-electron chi connectivity index (χ3n) is 4.41. The summed E-state index contributed by atoms with van der Waals surface area (Å²) in [7, 11) is 1.99. The minimum absolute atomic E-state index is 0.0683. The highest BCUT2D eigenvalue weighted by atomic mass is 32.1. The number of hydrogen-bond donors (Lipinski definition) is 0. The van der Waals surface area contributed by atoms with Gasteiger partial charge in [0.2, 0.25) is 0 Å². The van der Waals surface area contributed by atoms with Crippen molar-refractivity contribution in [1.29, 1.82) is 0 Å². The molecule has 2 aromatic heterocycles. The summed E-state index contributed by atoms with van der Waals surface area (Å²) in [6.45, 7) is 7.38. The zero-order valence-electron chi connectivity index (χ0n) is 15.0. The van der Waals surface area contributed by atoms with Crippen LogP contribution in [0.15, 0.2) is 36.7 Å². The number of para-hydroxylation sites is 1. The number of thiophene rings is 1. The standard InChI is InChI=1S/C19H22N4OS/c1-5-23(6-2)19(24)16-13(3)15-17(20-12-21-18(15)25-16)22(4)14-10-8-7-9-11-14/h7-12H,5-6H2,1-4H3. The van der Waals surface area contributed by atoms with Gasteiger partial charge in [-0.15, -0.1) is 11.3 Å². The van der Waals surface area contributed by atoms with Crippen LogP contribution >= 0.6 is 11.3 Å². The number of anilines is 2. The van der Waals surface area contributed by atoms with E-state index in [9.17, 15) is 4.79 Å². The number of benzene rings is 1. The minimum Gasteiger partial charge on any atom is -0.338 e. The van der Waals surface area contributed by atoms with Crippen molar-refractivity contribution >= 4 is 39.0 Å². The first-order valence-corrected chi connectivity index (χ1v) is 9.22. The van der Waals surface area contributed by atoms with Gasteiger partial charge in [-0.2, -0.15) is 0 Å². The lowest BCUT2D eigenvalue weighted by atomic mass is 10.1. The number of carbonyl (C=O) groups is 1. The molecule has 0 bridgehead atoms. The van der Waals surface area contributed by atoms with Crippen molar-refractivity contribution in [2.24, 2.45) is 0 Å². The van der Waals surface area contributed by atoms with Gasteiger partial charge in [0.05, 0.1) is 10.3 Å². The first-order chi connectivity index (χ1) is 12.1. The third kappa shape index (κ3) is 3.09. The second-order valence-corrected chi connectivity index (χ2v) is 6.80. The topological polar surface area (TPSA) is 49.3 Å². The monoisotopic (exact) mass is 354 g/mol. The van der Waals surface area contributed by atoms with E-state index in [-0.39, 0.29) is 5.91 Å². The smallest absolute Gasteiger partial charge is 0.264 e. The maximum Gasteiger partial charge on any atom is 0.264 e. The number of carbonyl (C=O) groups excluding carboxylic acids is 1. The summed E-state index contributed by atoms with van der Waals surface area (Å²) < 4.78 is 0. The number of amides is 1. The van der Waals surface area contributed by atoms with Gasteiger partial charge in [0.25, 0.3) is 5.91 Å². The van der Waals surface area contributed by atoms with Crippen LogP contribution in [0.3, 0.4) is 0 Å². The number of fused-ring (bicyclic) bond motifs is 1. The van der Waals surface area contributed by atoms with Gasteiger partial charge in [0, 0.05) is 25.8 Å². The first-order valence-electron chi connectivity index (χ1n) is 8.40. The number of nitrogens with zero attached hydrogens (tertiary/aromatic N) is 4. The Morgan fingerprint density at radius 3 is 2.44 bits per heavy atom. The Morgan fingerprint density at radius 2 is 1.80 bits per heavy atom. The molecule has 0 aliphatic rings. The van der Waals surface area contributed by atoms with Gasteiger partial charge in [-0.1, -0.05) is 18.2 Å². The molecule has 2 heterocycles. The Balaban J connectivity index is 2.12. The van der Waals surface area contributed by atoms with E-state index >= 15 is 0 Å². The van der Waals surface area contributed by atoms with Gasteiger partial charge < -0.3 is 9.80 Å². The number of aryl methyl sites for hydroxylation is 1. The average molecular weight is 354 g/mol. The van der Waals surface area contributed by atoms with Crippen molar-refractivity contribution in [1.82, 2.24) is 14.9 Å². The van der Waals surface area contributed by atoms with E-state index in [4.69, 9.17) is 0 Å². The molecule has 0 aliphatic carbocycles. The summed E-state index contributed by atoms with van der Waals surface area (Å²) >= 11 is 1.45. The first kappa shape index (κ1) is 17.4. The molecule has 0 aliphatic heterocycles. The van der Waals surface area contributed by atoms with Gasteiger partial charge in [0.15, 0.2) is 0 Å². The maximum atomic E-state index is 12.8. The van der Waals surface area contributed by atoms with Gasteiger partial charge in [0.1, 0.15) is 17.0 Å². The molecular weight excluding hydrogens is 332 g/mol. The lowest BCUT2D eigenvalue weighted by Crippen LogP contribution is -2.30. The van der Waals surface area contributed by atoms with E-state index in [1.54, 1.807) is 6.33 Å². The Labute approximate surface area is 151 Å². The van der Waals surface area contributed by atoms with Crippen LogP contribution in [0.2, 0.25) is 0 Å². The van der Waals surface area contributed by atoms with Crippen LogP contribution in [-0.2, 0) is 0 Å². The van der Waals surface area contributed by atoms with E-state index in [2.05, 4.69) is 9.97 Å². The number of hydrogen-bond acceptors (Lipinski definition) is 5. The summed E-state index contributed by atoms with van der Waals surface area (Å²) in [4.78, 5) is 27.2. The zero-order valence-corrected chi connectivity index (χ0v) is 15.8. The third-order valence-corrected chi connectivity index (χ3v) is 5.60. The van der Waals surface area contributed by atoms with E-state index in [1.165, 1.54) is 11.3 Å². The summed E-state index contributed by atoms with van der Waals surface area (Å²) in [6.07, 6.45) is 1.57. The highest BCUT2D eigenvalue weighted by molar-refractivity contribution is 7.20. The molecule has 3 rings (SSSR count). The predicted molar refractivity (Wildman–Crippen MR) is 104 cm³/mol. The Kier molecular flexibility index (Phi) is 4.99. The van der Waals surface area contributed by atoms with Crippen molar-refractivity contribution in [3.05, 3.63) is 47.1 Å². The normalized spacial score (nSPS) is 10.9. The van der Waals surface area contributed by atoms with Crippen molar-refractivity contribution in [3.8, 4) is 0 Å². The van der Waals surface area contributed by atoms with Gasteiger partial charge in [-0.25, -0.2) is 9.97 Å². The summed E-state index contributed by atoms with van der Waals surface area (Å²) in [5, 5.41) is 0.953. The molecule has 0 saturated heterocycles. The van der Waals surface area contributed by atoms with Crippen LogP contribution in [0.1, 0.15) is 29.1 Å². The molecule has 5 nitrogen and oxygen atoms in total. The van der Waals surface area contributed by atoms with Crippen LogP contribution in [0.25, 0.3) is 10.2 Å².